The molecule has 3 unspecified atom stereocenters. The Labute approximate surface area is 183 Å². The van der Waals surface area contributed by atoms with Crippen LogP contribution in [0.5, 0.6) is 0 Å². The third kappa shape index (κ3) is 6.39. The van der Waals surface area contributed by atoms with Crippen molar-refractivity contribution < 1.29 is 9.47 Å². The van der Waals surface area contributed by atoms with Crippen molar-refractivity contribution in [2.24, 2.45) is 17.4 Å². The minimum absolute atomic E-state index is 0.0219. The lowest BCUT2D eigenvalue weighted by molar-refractivity contribution is -0.0195. The third-order valence-corrected chi connectivity index (χ3v) is 5.36. The molecule has 30 heavy (non-hydrogen) atoms. The fraction of sp³-hybridized carbons (Fsp3) is 0.538. The van der Waals surface area contributed by atoms with Crippen LogP contribution in [0.4, 0.5) is 0 Å². The van der Waals surface area contributed by atoms with Gasteiger partial charge in [0.25, 0.3) is 0 Å². The molecule has 166 valence electrons. The number of hydrogen-bond acceptors (Lipinski definition) is 4. The summed E-state index contributed by atoms with van der Waals surface area (Å²) in [6.45, 7) is 14.8. The first-order chi connectivity index (χ1) is 14.3. The quantitative estimate of drug-likeness (QED) is 0.649. The molecule has 4 nitrogen and oxygen atoms in total. The highest BCUT2D eigenvalue weighted by molar-refractivity contribution is 5.36. The standard InChI is InChI=1S/C13H19NO.C10H13NO.C3H8/c1-8(2)13-12(14)11-6-9(3)4-5-10(11)7-15-13;1-7-2-3-8-5-12-6-10(11)9(8)4-7;1-3-2/h4-6,8,12-13H,7,14H2,1-3H3;2-4,10H,5-6,11H2,1H3;3H2,1-2H3. The van der Waals surface area contributed by atoms with E-state index in [0.717, 1.165) is 0 Å². The summed E-state index contributed by atoms with van der Waals surface area (Å²) in [6, 6.07) is 12.9. The SMILES string of the molecule is CCC.Cc1ccc2c(c1)C(N)C(C(C)C)OC2.Cc1ccc2c(c1)C(N)COC2. The van der Waals surface area contributed by atoms with Gasteiger partial charge in [0.2, 0.25) is 0 Å². The van der Waals surface area contributed by atoms with Gasteiger partial charge in [0.05, 0.1) is 38.0 Å². The molecule has 4 heteroatoms. The molecule has 0 bridgehead atoms. The molecule has 0 radical (unpaired) electrons. The van der Waals surface area contributed by atoms with Gasteiger partial charge in [0.15, 0.2) is 0 Å². The number of hydrogen-bond donors (Lipinski definition) is 2. The zero-order valence-corrected chi connectivity index (χ0v) is 19.6. The number of ether oxygens (including phenoxy) is 2. The van der Waals surface area contributed by atoms with Gasteiger partial charge in [-0.05, 0) is 42.0 Å². The van der Waals surface area contributed by atoms with Crippen molar-refractivity contribution in [2.45, 2.75) is 79.4 Å². The second-order valence-corrected chi connectivity index (χ2v) is 8.78. The summed E-state index contributed by atoms with van der Waals surface area (Å²) in [7, 11) is 0. The van der Waals surface area contributed by atoms with E-state index in [1.165, 1.54) is 39.8 Å². The predicted molar refractivity (Wildman–Crippen MR) is 125 cm³/mol. The molecule has 2 heterocycles. The number of benzene rings is 2. The second kappa shape index (κ2) is 11.6. The largest absolute Gasteiger partial charge is 0.375 e. The van der Waals surface area contributed by atoms with Gasteiger partial charge in [-0.25, -0.2) is 0 Å². The van der Waals surface area contributed by atoms with Crippen molar-refractivity contribution >= 4 is 0 Å². The van der Waals surface area contributed by atoms with Crippen LogP contribution in [0.15, 0.2) is 36.4 Å². The van der Waals surface area contributed by atoms with Crippen molar-refractivity contribution in [3.05, 3.63) is 69.8 Å². The average molecular weight is 413 g/mol. The molecule has 2 aliphatic rings. The molecular formula is C26H40N2O2. The van der Waals surface area contributed by atoms with Crippen LogP contribution in [0.25, 0.3) is 0 Å². The van der Waals surface area contributed by atoms with E-state index in [-0.39, 0.29) is 18.2 Å². The Kier molecular flexibility index (Phi) is 9.50. The highest BCUT2D eigenvalue weighted by Crippen LogP contribution is 2.31. The predicted octanol–water partition coefficient (Wildman–Crippen LogP) is 5.49. The van der Waals surface area contributed by atoms with E-state index in [1.54, 1.807) is 0 Å². The summed E-state index contributed by atoms with van der Waals surface area (Å²) >= 11 is 0. The van der Waals surface area contributed by atoms with Gasteiger partial charge in [-0.3, -0.25) is 0 Å². The molecule has 2 aromatic rings. The van der Waals surface area contributed by atoms with Gasteiger partial charge in [-0.2, -0.15) is 0 Å². The van der Waals surface area contributed by atoms with E-state index < -0.39 is 0 Å². The Bertz CT molecular complexity index is 804. The molecule has 3 atom stereocenters. The van der Waals surface area contributed by atoms with Crippen LogP contribution in [-0.2, 0) is 22.7 Å². The fourth-order valence-corrected chi connectivity index (χ4v) is 3.81. The van der Waals surface area contributed by atoms with Gasteiger partial charge in [-0.15, -0.1) is 0 Å². The molecule has 2 aromatic carbocycles. The van der Waals surface area contributed by atoms with Crippen molar-refractivity contribution in [2.75, 3.05) is 6.61 Å². The highest BCUT2D eigenvalue weighted by atomic mass is 16.5. The molecule has 0 aliphatic carbocycles. The highest BCUT2D eigenvalue weighted by Gasteiger charge is 2.29. The first kappa shape index (κ1) is 24.5. The zero-order valence-electron chi connectivity index (χ0n) is 19.6. The van der Waals surface area contributed by atoms with Crippen molar-refractivity contribution in [1.82, 2.24) is 0 Å². The average Bonchev–Trinajstić information content (AvgIpc) is 2.70. The van der Waals surface area contributed by atoms with Crippen LogP contribution in [0.1, 0.15) is 79.6 Å². The number of nitrogens with two attached hydrogens (primary N) is 2. The molecule has 2 aliphatic heterocycles. The normalized spacial score (nSPS) is 22.1. The Balaban J connectivity index is 0.000000193. The minimum atomic E-state index is 0.0219. The van der Waals surface area contributed by atoms with Crippen molar-refractivity contribution in [3.63, 3.8) is 0 Å². The minimum Gasteiger partial charge on any atom is -0.375 e. The number of fused-ring (bicyclic) bond motifs is 2. The number of aryl methyl sites for hydroxylation is 2. The first-order valence-electron chi connectivity index (χ1n) is 11.2. The van der Waals surface area contributed by atoms with Crippen LogP contribution in [0.2, 0.25) is 0 Å². The zero-order chi connectivity index (χ0) is 22.3. The van der Waals surface area contributed by atoms with E-state index >= 15 is 0 Å². The molecule has 0 saturated carbocycles. The van der Waals surface area contributed by atoms with Crippen molar-refractivity contribution in [3.8, 4) is 0 Å². The maximum atomic E-state index is 6.24. The summed E-state index contributed by atoms with van der Waals surface area (Å²) < 4.78 is 11.1. The lowest BCUT2D eigenvalue weighted by Gasteiger charge is -2.34. The second-order valence-electron chi connectivity index (χ2n) is 8.78. The summed E-state index contributed by atoms with van der Waals surface area (Å²) in [5.74, 6) is 0.466. The fourth-order valence-electron chi connectivity index (χ4n) is 3.81. The molecule has 0 saturated heterocycles. The first-order valence-corrected chi connectivity index (χ1v) is 11.2. The summed E-state index contributed by atoms with van der Waals surface area (Å²) in [6.07, 6.45) is 1.40. The van der Waals surface area contributed by atoms with Gasteiger partial charge >= 0.3 is 0 Å². The Hall–Kier alpha value is -1.72. The molecule has 4 N–H and O–H groups in total. The smallest absolute Gasteiger partial charge is 0.0795 e. The molecule has 0 spiro atoms. The topological polar surface area (TPSA) is 70.5 Å². The van der Waals surface area contributed by atoms with Gasteiger partial charge in [0, 0.05) is 0 Å². The van der Waals surface area contributed by atoms with E-state index in [0.29, 0.717) is 25.7 Å². The Morgan fingerprint density at radius 2 is 1.43 bits per heavy atom. The lowest BCUT2D eigenvalue weighted by Crippen LogP contribution is -2.37. The van der Waals surface area contributed by atoms with Gasteiger partial charge < -0.3 is 20.9 Å². The molecular weight excluding hydrogens is 372 g/mol. The maximum absolute atomic E-state index is 6.24. The molecule has 0 fully saturated rings. The van der Waals surface area contributed by atoms with E-state index in [1.807, 2.05) is 0 Å². The monoisotopic (exact) mass is 412 g/mol. The van der Waals surface area contributed by atoms with Crippen LogP contribution in [-0.4, -0.2) is 12.7 Å². The lowest BCUT2D eigenvalue weighted by atomic mass is 9.88. The summed E-state index contributed by atoms with van der Waals surface area (Å²) in [4.78, 5) is 0. The Morgan fingerprint density at radius 3 is 2.00 bits per heavy atom. The van der Waals surface area contributed by atoms with Crippen LogP contribution in [0, 0.1) is 19.8 Å². The van der Waals surface area contributed by atoms with Gasteiger partial charge in [-0.1, -0.05) is 81.6 Å². The molecule has 0 amide bonds. The van der Waals surface area contributed by atoms with Crippen LogP contribution < -0.4 is 11.5 Å². The van der Waals surface area contributed by atoms with Crippen LogP contribution >= 0.6 is 0 Å². The summed E-state index contributed by atoms with van der Waals surface area (Å²) in [5, 5.41) is 0. The van der Waals surface area contributed by atoms with E-state index in [2.05, 4.69) is 77.9 Å². The van der Waals surface area contributed by atoms with Crippen LogP contribution in [0.3, 0.4) is 0 Å². The third-order valence-electron chi connectivity index (χ3n) is 5.36. The number of rotatable bonds is 1. The van der Waals surface area contributed by atoms with E-state index in [4.69, 9.17) is 20.9 Å². The van der Waals surface area contributed by atoms with Crippen molar-refractivity contribution in [1.29, 1.82) is 0 Å². The molecule has 0 aromatic heterocycles. The Morgan fingerprint density at radius 1 is 0.900 bits per heavy atom. The summed E-state index contributed by atoms with van der Waals surface area (Å²) in [5.41, 5.74) is 19.7. The maximum Gasteiger partial charge on any atom is 0.0795 e. The molecule has 4 rings (SSSR count). The van der Waals surface area contributed by atoms with E-state index in [9.17, 15) is 0 Å². The van der Waals surface area contributed by atoms with Gasteiger partial charge in [0.1, 0.15) is 0 Å².